The molecule has 3 N–H and O–H groups in total. The molecule has 4 amide bonds. The van der Waals surface area contributed by atoms with Gasteiger partial charge in [0.15, 0.2) is 12.0 Å². The van der Waals surface area contributed by atoms with Crippen LogP contribution in [0.2, 0.25) is 0 Å². The predicted molar refractivity (Wildman–Crippen MR) is 173 cm³/mol. The van der Waals surface area contributed by atoms with Crippen LogP contribution in [0.4, 0.5) is 21.2 Å². The Balaban J connectivity index is 0.000000303. The van der Waals surface area contributed by atoms with Gasteiger partial charge in [0.05, 0.1) is 17.5 Å². The number of nitrogens with one attached hydrogen (secondary N) is 3. The molecule has 1 aromatic heterocycles. The van der Waals surface area contributed by atoms with Crippen LogP contribution in [0.25, 0.3) is 4.72 Å². The Hall–Kier alpha value is -3.31. The quantitative estimate of drug-likeness (QED) is 0.192. The van der Waals surface area contributed by atoms with Crippen molar-refractivity contribution >= 4 is 56.3 Å². The summed E-state index contributed by atoms with van der Waals surface area (Å²) in [5.41, 5.74) is 2.60. The number of benzene rings is 3. The second-order valence-electron chi connectivity index (χ2n) is 9.56. The standard InChI is InChI=1S/C17H20N2O.C12H12IN5O4S.Na/c1-13-9-11-15(12-10-13)18-16(20)19-17(2,3)14-7-5-4-6-8-14;1-7-14-10(17-12(15-7)22-2)16-11(19)18-23(20,21)9-6-4-3-5-8(9)13;/h4-12H,1-3H3,(H2,18,19,20);3-6H,1-2H3,(H2,14,15,16,17,18,19);/q;;+1/p-1. The maximum atomic E-state index is 12.1. The number of hydrogen-bond acceptors (Lipinski definition) is 8. The van der Waals surface area contributed by atoms with E-state index in [-0.39, 0.29) is 52.4 Å². The fourth-order valence-electron chi connectivity index (χ4n) is 3.55. The first-order valence-electron chi connectivity index (χ1n) is 12.8. The molecule has 0 aliphatic rings. The molecule has 226 valence electrons. The number of aryl methyl sites for hydroxylation is 2. The normalized spacial score (nSPS) is 10.7. The Kier molecular flexibility index (Phi) is 14.0. The smallest absolute Gasteiger partial charge is 0.467 e. The third-order valence-electron chi connectivity index (χ3n) is 5.68. The van der Waals surface area contributed by atoms with Crippen molar-refractivity contribution in [2.75, 3.05) is 17.7 Å². The number of anilines is 2. The number of hydrogen-bond donors (Lipinski definition) is 3. The van der Waals surface area contributed by atoms with E-state index in [0.29, 0.717) is 9.39 Å². The third-order valence-corrected chi connectivity index (χ3v) is 8.30. The van der Waals surface area contributed by atoms with E-state index in [1.807, 2.05) is 98.0 Å². The van der Waals surface area contributed by atoms with Gasteiger partial charge in [-0.15, -0.1) is 0 Å². The number of ether oxygens (including phenoxy) is 1. The van der Waals surface area contributed by atoms with Crippen LogP contribution in [0, 0.1) is 17.4 Å². The van der Waals surface area contributed by atoms with Gasteiger partial charge in [0.1, 0.15) is 5.82 Å². The molecule has 0 fully saturated rings. The van der Waals surface area contributed by atoms with Gasteiger partial charge in [-0.2, -0.15) is 9.97 Å². The largest absolute Gasteiger partial charge is 1.00 e. The zero-order chi connectivity index (χ0) is 31.6. The summed E-state index contributed by atoms with van der Waals surface area (Å²) < 4.78 is 32.8. The molecule has 44 heavy (non-hydrogen) atoms. The Morgan fingerprint density at radius 3 is 2.09 bits per heavy atom. The summed E-state index contributed by atoms with van der Waals surface area (Å²) in [5.74, 6) is 0.147. The van der Waals surface area contributed by atoms with Crippen LogP contribution >= 0.6 is 22.6 Å². The molecule has 0 spiro atoms. The van der Waals surface area contributed by atoms with E-state index < -0.39 is 21.6 Å². The van der Waals surface area contributed by atoms with Gasteiger partial charge in [-0.05, 0) is 80.1 Å². The van der Waals surface area contributed by atoms with Crippen LogP contribution < -0.4 is 50.2 Å². The van der Waals surface area contributed by atoms with Gasteiger partial charge in [0.2, 0.25) is 10.0 Å². The molecule has 1 heterocycles. The van der Waals surface area contributed by atoms with Gasteiger partial charge in [0, 0.05) is 9.26 Å². The SMILES string of the molecule is COc1nc(C)nc(NC(=O)[N-]S(=O)(=O)c2ccccc2I)n1.Cc1ccc(NC(=O)NC(C)(C)c2ccccc2)cc1.[Na+]. The number of carbonyl (C=O) groups excluding carboxylic acids is 2. The summed E-state index contributed by atoms with van der Waals surface area (Å²) in [6.07, 6.45) is 0. The molecule has 4 rings (SSSR count). The molecule has 0 saturated carbocycles. The van der Waals surface area contributed by atoms with Crippen molar-refractivity contribution in [3.8, 4) is 6.01 Å². The molecular formula is C29H31IN7NaO5S. The molecule has 0 radical (unpaired) electrons. The van der Waals surface area contributed by atoms with Gasteiger partial charge in [-0.25, -0.2) is 18.2 Å². The molecule has 0 saturated heterocycles. The van der Waals surface area contributed by atoms with Crippen LogP contribution in [0.3, 0.4) is 0 Å². The molecule has 0 aliphatic heterocycles. The van der Waals surface area contributed by atoms with Crippen LogP contribution in [0.15, 0.2) is 83.8 Å². The number of carbonyl (C=O) groups is 2. The third kappa shape index (κ3) is 11.3. The number of sulfonamides is 1. The summed E-state index contributed by atoms with van der Waals surface area (Å²) in [6.45, 7) is 7.55. The molecule has 12 nitrogen and oxygen atoms in total. The van der Waals surface area contributed by atoms with E-state index >= 15 is 0 Å². The molecule has 0 unspecified atom stereocenters. The van der Waals surface area contributed by atoms with Gasteiger partial charge in [-0.1, -0.05) is 60.2 Å². The first-order chi connectivity index (χ1) is 20.3. The number of urea groups is 2. The molecule has 0 aliphatic carbocycles. The maximum Gasteiger partial charge on any atom is 1.00 e. The Bertz CT molecular complexity index is 1680. The number of rotatable bonds is 7. The van der Waals surface area contributed by atoms with E-state index in [9.17, 15) is 18.0 Å². The van der Waals surface area contributed by atoms with E-state index in [2.05, 4.69) is 35.6 Å². The van der Waals surface area contributed by atoms with Crippen LogP contribution in [-0.2, 0) is 15.6 Å². The second-order valence-corrected chi connectivity index (χ2v) is 12.3. The molecule has 3 aromatic carbocycles. The van der Waals surface area contributed by atoms with Crippen molar-refractivity contribution in [3.05, 3.63) is 104 Å². The van der Waals surface area contributed by atoms with E-state index in [1.54, 1.807) is 25.1 Å². The summed E-state index contributed by atoms with van der Waals surface area (Å²) in [4.78, 5) is 35.3. The van der Waals surface area contributed by atoms with E-state index in [1.165, 1.54) is 18.7 Å². The topological polar surface area (TPSA) is 166 Å². The Labute approximate surface area is 292 Å². The number of amides is 4. The first-order valence-corrected chi connectivity index (χ1v) is 15.3. The van der Waals surface area contributed by atoms with Crippen molar-refractivity contribution in [2.24, 2.45) is 0 Å². The summed E-state index contributed by atoms with van der Waals surface area (Å²) in [6, 6.07) is 22.5. The number of halogens is 1. The zero-order valence-electron chi connectivity index (χ0n) is 25.1. The van der Waals surface area contributed by atoms with Crippen molar-refractivity contribution in [3.63, 3.8) is 0 Å². The minimum Gasteiger partial charge on any atom is -0.467 e. The van der Waals surface area contributed by atoms with Crippen LogP contribution in [0.1, 0.15) is 30.8 Å². The van der Waals surface area contributed by atoms with Crippen LogP contribution in [0.5, 0.6) is 6.01 Å². The van der Waals surface area contributed by atoms with E-state index in [0.717, 1.165) is 11.3 Å². The fourth-order valence-corrected chi connectivity index (χ4v) is 5.69. The number of nitrogens with zero attached hydrogens (tertiary/aromatic N) is 4. The molecule has 15 heteroatoms. The van der Waals surface area contributed by atoms with Crippen molar-refractivity contribution in [1.29, 1.82) is 0 Å². The van der Waals surface area contributed by atoms with Gasteiger partial charge in [-0.3, -0.25) is 4.79 Å². The molecule has 4 aromatic rings. The summed E-state index contributed by atoms with van der Waals surface area (Å²) in [7, 11) is -2.78. The average Bonchev–Trinajstić information content (AvgIpc) is 2.94. The Morgan fingerprint density at radius 2 is 1.48 bits per heavy atom. The van der Waals surface area contributed by atoms with Gasteiger partial charge < -0.3 is 25.4 Å². The molecule has 0 atom stereocenters. The minimum absolute atomic E-state index is 0. The van der Waals surface area contributed by atoms with Crippen molar-refractivity contribution < 1.29 is 52.3 Å². The van der Waals surface area contributed by atoms with Crippen molar-refractivity contribution in [2.45, 2.75) is 38.1 Å². The minimum atomic E-state index is -4.13. The van der Waals surface area contributed by atoms with Gasteiger partial charge in [0.25, 0.3) is 0 Å². The average molecular weight is 740 g/mol. The summed E-state index contributed by atoms with van der Waals surface area (Å²) >= 11 is 1.85. The van der Waals surface area contributed by atoms with Gasteiger partial charge >= 0.3 is 41.6 Å². The maximum absolute atomic E-state index is 12.1. The monoisotopic (exact) mass is 739 g/mol. The zero-order valence-corrected chi connectivity index (χ0v) is 30.1. The van der Waals surface area contributed by atoms with Crippen LogP contribution in [-0.4, -0.2) is 42.5 Å². The first kappa shape index (κ1) is 36.9. The van der Waals surface area contributed by atoms with E-state index in [4.69, 9.17) is 4.74 Å². The number of methoxy groups -OCH3 is 1. The summed E-state index contributed by atoms with van der Waals surface area (Å²) in [5, 5.41) is 8.00. The second kappa shape index (κ2) is 16.7. The van der Waals surface area contributed by atoms with Crippen molar-refractivity contribution in [1.82, 2.24) is 20.3 Å². The molecular weight excluding hydrogens is 708 g/mol. The Morgan fingerprint density at radius 1 is 0.864 bits per heavy atom. The molecule has 0 bridgehead atoms. The fraction of sp³-hybridized carbons (Fsp3) is 0.207. The number of aromatic nitrogens is 3. The predicted octanol–water partition coefficient (Wildman–Crippen LogP) is 3.14.